The van der Waals surface area contributed by atoms with Crippen LogP contribution in [0.5, 0.6) is 5.75 Å². The molecule has 0 aliphatic carbocycles. The second-order valence-electron chi connectivity index (χ2n) is 5.68. The summed E-state index contributed by atoms with van der Waals surface area (Å²) < 4.78 is 18.5. The highest BCUT2D eigenvalue weighted by Crippen LogP contribution is 2.23. The summed E-state index contributed by atoms with van der Waals surface area (Å²) >= 11 is 0. The predicted molar refractivity (Wildman–Crippen MR) is 84.9 cm³/mol. The maximum absolute atomic E-state index is 13.6. The van der Waals surface area contributed by atoms with Crippen LogP contribution in [0.3, 0.4) is 0 Å². The molecule has 0 aromatic heterocycles. The molecule has 0 radical (unpaired) electrons. The van der Waals surface area contributed by atoms with Gasteiger partial charge in [-0.3, -0.25) is 4.79 Å². The minimum absolute atomic E-state index is 0.0711. The Bertz CT molecular complexity index is 560. The zero-order chi connectivity index (χ0) is 16.1. The van der Waals surface area contributed by atoms with Gasteiger partial charge in [0.15, 0.2) is 11.6 Å². The van der Waals surface area contributed by atoms with Crippen LogP contribution in [-0.4, -0.2) is 37.0 Å². The molecule has 0 spiro atoms. The number of amides is 1. The molecule has 2 N–H and O–H groups in total. The van der Waals surface area contributed by atoms with Crippen molar-refractivity contribution in [3.8, 4) is 5.75 Å². The Labute approximate surface area is 130 Å². The molecular weight excluding hydrogens is 283 g/mol. The van der Waals surface area contributed by atoms with Crippen LogP contribution >= 0.6 is 0 Å². The Balaban J connectivity index is 2.08. The van der Waals surface area contributed by atoms with Gasteiger partial charge in [0.1, 0.15) is 0 Å². The number of piperidine rings is 1. The van der Waals surface area contributed by atoms with Gasteiger partial charge in [0, 0.05) is 25.2 Å². The monoisotopic (exact) mass is 306 g/mol. The molecule has 4 nitrogen and oxygen atoms in total. The average Bonchev–Trinajstić information content (AvgIpc) is 2.52. The Morgan fingerprint density at radius 3 is 2.95 bits per heavy atom. The summed E-state index contributed by atoms with van der Waals surface area (Å²) in [6.45, 7) is 3.32. The summed E-state index contributed by atoms with van der Waals surface area (Å²) in [5, 5.41) is 0. The first-order chi connectivity index (χ1) is 10.6. The standard InChI is InChI=1S/C17H23FN2O2/c1-12-4-3-9-20(15(12)11-19)17(21)8-6-13-5-7-16(22-2)14(18)10-13/h5-8,10,12,15H,3-4,9,11,19H2,1-2H3. The van der Waals surface area contributed by atoms with Crippen molar-refractivity contribution in [1.29, 1.82) is 0 Å². The normalized spacial score (nSPS) is 22.1. The van der Waals surface area contributed by atoms with Gasteiger partial charge in [-0.2, -0.15) is 0 Å². The van der Waals surface area contributed by atoms with Crippen molar-refractivity contribution in [3.63, 3.8) is 0 Å². The zero-order valence-electron chi connectivity index (χ0n) is 13.1. The molecule has 2 rings (SSSR count). The van der Waals surface area contributed by atoms with Gasteiger partial charge in [-0.05, 0) is 42.5 Å². The maximum Gasteiger partial charge on any atom is 0.246 e. The lowest BCUT2D eigenvalue weighted by Crippen LogP contribution is -2.50. The lowest BCUT2D eigenvalue weighted by atomic mass is 9.90. The number of nitrogens with two attached hydrogens (primary N) is 1. The largest absolute Gasteiger partial charge is 0.494 e. The van der Waals surface area contributed by atoms with Crippen molar-refractivity contribution < 1.29 is 13.9 Å². The lowest BCUT2D eigenvalue weighted by Gasteiger charge is -2.38. The van der Waals surface area contributed by atoms with Gasteiger partial charge in [-0.25, -0.2) is 4.39 Å². The van der Waals surface area contributed by atoms with E-state index in [9.17, 15) is 9.18 Å². The van der Waals surface area contributed by atoms with Crippen molar-refractivity contribution in [2.24, 2.45) is 11.7 Å². The number of rotatable bonds is 4. The molecule has 1 saturated heterocycles. The van der Waals surface area contributed by atoms with Crippen molar-refractivity contribution in [2.45, 2.75) is 25.8 Å². The predicted octanol–water partition coefficient (Wildman–Crippen LogP) is 2.43. The van der Waals surface area contributed by atoms with Crippen LogP contribution in [-0.2, 0) is 4.79 Å². The van der Waals surface area contributed by atoms with Crippen LogP contribution in [0.4, 0.5) is 4.39 Å². The topological polar surface area (TPSA) is 55.6 Å². The molecule has 120 valence electrons. The third-order valence-corrected chi connectivity index (χ3v) is 4.23. The number of nitrogens with zero attached hydrogens (tertiary/aromatic N) is 1. The van der Waals surface area contributed by atoms with Crippen LogP contribution in [0.1, 0.15) is 25.3 Å². The van der Waals surface area contributed by atoms with Crippen LogP contribution in [0.15, 0.2) is 24.3 Å². The third-order valence-electron chi connectivity index (χ3n) is 4.23. The fourth-order valence-electron chi connectivity index (χ4n) is 2.93. The molecule has 2 atom stereocenters. The van der Waals surface area contributed by atoms with Gasteiger partial charge in [0.25, 0.3) is 0 Å². The molecule has 5 heteroatoms. The Morgan fingerprint density at radius 1 is 1.55 bits per heavy atom. The molecule has 1 aliphatic heterocycles. The van der Waals surface area contributed by atoms with Crippen LogP contribution in [0.25, 0.3) is 6.08 Å². The van der Waals surface area contributed by atoms with E-state index in [0.717, 1.165) is 19.4 Å². The Morgan fingerprint density at radius 2 is 2.32 bits per heavy atom. The molecule has 1 aliphatic rings. The first-order valence-corrected chi connectivity index (χ1v) is 7.59. The van der Waals surface area contributed by atoms with Crippen molar-refractivity contribution >= 4 is 12.0 Å². The SMILES string of the molecule is COc1ccc(C=CC(=O)N2CCCC(C)C2CN)cc1F. The second-order valence-corrected chi connectivity index (χ2v) is 5.68. The van der Waals surface area contributed by atoms with Gasteiger partial charge in [0.2, 0.25) is 5.91 Å². The first kappa shape index (κ1) is 16.5. The van der Waals surface area contributed by atoms with Gasteiger partial charge in [-0.15, -0.1) is 0 Å². The molecule has 0 bridgehead atoms. The van der Waals surface area contributed by atoms with Crippen LogP contribution < -0.4 is 10.5 Å². The summed E-state index contributed by atoms with van der Waals surface area (Å²) in [6, 6.07) is 4.69. The minimum atomic E-state index is -0.441. The number of ether oxygens (including phenoxy) is 1. The highest BCUT2D eigenvalue weighted by Gasteiger charge is 2.29. The number of carbonyl (C=O) groups is 1. The van der Waals surface area contributed by atoms with E-state index in [1.165, 1.54) is 19.3 Å². The molecule has 1 aromatic rings. The summed E-state index contributed by atoms with van der Waals surface area (Å²) in [4.78, 5) is 14.2. The second kappa shape index (κ2) is 7.40. The number of carbonyl (C=O) groups excluding carboxylic acids is 1. The quantitative estimate of drug-likeness (QED) is 0.869. The van der Waals surface area contributed by atoms with Gasteiger partial charge in [0.05, 0.1) is 7.11 Å². The number of hydrogen-bond acceptors (Lipinski definition) is 3. The summed E-state index contributed by atoms with van der Waals surface area (Å²) in [5.74, 6) is 0.0906. The molecule has 1 aromatic carbocycles. The molecule has 22 heavy (non-hydrogen) atoms. The molecule has 1 fully saturated rings. The molecule has 1 heterocycles. The molecule has 1 amide bonds. The van der Waals surface area contributed by atoms with E-state index < -0.39 is 5.82 Å². The molecule has 2 unspecified atom stereocenters. The molecular formula is C17H23FN2O2. The van der Waals surface area contributed by atoms with Gasteiger partial charge < -0.3 is 15.4 Å². The Kier molecular flexibility index (Phi) is 5.55. The van der Waals surface area contributed by atoms with E-state index in [4.69, 9.17) is 10.5 Å². The van der Waals surface area contributed by atoms with Crippen LogP contribution in [0.2, 0.25) is 0 Å². The number of methoxy groups -OCH3 is 1. The smallest absolute Gasteiger partial charge is 0.246 e. The van der Waals surface area contributed by atoms with Crippen LogP contribution in [0, 0.1) is 11.7 Å². The van der Waals surface area contributed by atoms with E-state index in [1.54, 1.807) is 18.2 Å². The van der Waals surface area contributed by atoms with Crippen molar-refractivity contribution in [1.82, 2.24) is 4.90 Å². The fourth-order valence-corrected chi connectivity index (χ4v) is 2.93. The van der Waals surface area contributed by atoms with Crippen molar-refractivity contribution in [3.05, 3.63) is 35.7 Å². The van der Waals surface area contributed by atoms with Gasteiger partial charge >= 0.3 is 0 Å². The first-order valence-electron chi connectivity index (χ1n) is 7.59. The highest BCUT2D eigenvalue weighted by molar-refractivity contribution is 5.92. The van der Waals surface area contributed by atoms with E-state index in [2.05, 4.69) is 6.92 Å². The van der Waals surface area contributed by atoms with Gasteiger partial charge in [-0.1, -0.05) is 13.0 Å². The van der Waals surface area contributed by atoms with E-state index in [0.29, 0.717) is 18.0 Å². The Hall–Kier alpha value is -1.88. The summed E-state index contributed by atoms with van der Waals surface area (Å²) in [7, 11) is 1.42. The number of halogens is 1. The lowest BCUT2D eigenvalue weighted by molar-refractivity contribution is -0.130. The van der Waals surface area contributed by atoms with E-state index in [-0.39, 0.29) is 17.7 Å². The maximum atomic E-state index is 13.6. The number of likely N-dealkylation sites (tertiary alicyclic amines) is 1. The van der Waals surface area contributed by atoms with Crippen molar-refractivity contribution in [2.75, 3.05) is 20.2 Å². The van der Waals surface area contributed by atoms with E-state index in [1.807, 2.05) is 4.90 Å². The summed E-state index contributed by atoms with van der Waals surface area (Å²) in [6.07, 6.45) is 5.20. The summed E-state index contributed by atoms with van der Waals surface area (Å²) in [5.41, 5.74) is 6.43. The third kappa shape index (κ3) is 3.65. The highest BCUT2D eigenvalue weighted by atomic mass is 19.1. The number of hydrogen-bond donors (Lipinski definition) is 1. The van der Waals surface area contributed by atoms with E-state index >= 15 is 0 Å². The molecule has 0 saturated carbocycles. The number of benzene rings is 1. The fraction of sp³-hybridized carbons (Fsp3) is 0.471. The minimum Gasteiger partial charge on any atom is -0.494 e. The zero-order valence-corrected chi connectivity index (χ0v) is 13.1. The average molecular weight is 306 g/mol.